The molecule has 2 heterocycles. The molecule has 31 heavy (non-hydrogen) atoms. The average molecular weight is 417 g/mol. The van der Waals surface area contributed by atoms with E-state index in [0.717, 1.165) is 22.6 Å². The molecule has 4 rings (SSSR count). The zero-order valence-corrected chi connectivity index (χ0v) is 17.3. The lowest BCUT2D eigenvalue weighted by Gasteiger charge is -2.20. The number of imidazole rings is 1. The van der Waals surface area contributed by atoms with Crippen molar-refractivity contribution in [1.29, 1.82) is 0 Å². The lowest BCUT2D eigenvalue weighted by atomic mass is 10.1. The number of ether oxygens (including phenoxy) is 1. The van der Waals surface area contributed by atoms with E-state index in [1.165, 1.54) is 6.33 Å². The van der Waals surface area contributed by atoms with Crippen LogP contribution in [-0.4, -0.2) is 37.5 Å². The number of hydrogen-bond acceptors (Lipinski definition) is 5. The third kappa shape index (κ3) is 4.72. The second kappa shape index (κ2) is 9.12. The first kappa shape index (κ1) is 20.1. The lowest BCUT2D eigenvalue weighted by molar-refractivity contribution is 0.237. The van der Waals surface area contributed by atoms with E-state index in [2.05, 4.69) is 25.7 Å². The maximum absolute atomic E-state index is 12.7. The molecular weight excluding hydrogens is 394 g/mol. The van der Waals surface area contributed by atoms with Gasteiger partial charge in [-0.05, 0) is 35.4 Å². The van der Waals surface area contributed by atoms with Gasteiger partial charge in [0.05, 0.1) is 12.8 Å². The van der Waals surface area contributed by atoms with E-state index in [1.54, 1.807) is 24.3 Å². The molecule has 0 aliphatic heterocycles. The summed E-state index contributed by atoms with van der Waals surface area (Å²) in [6.45, 7) is 0.384. The number of carbonyl (C=O) groups is 1. The number of aromatic nitrogens is 5. The molecule has 9 heteroatoms. The summed E-state index contributed by atoms with van der Waals surface area (Å²) < 4.78 is 8.89. The van der Waals surface area contributed by atoms with Crippen LogP contribution >= 0.6 is 0 Å². The van der Waals surface area contributed by atoms with Gasteiger partial charge in [-0.1, -0.05) is 24.3 Å². The second-order valence-corrected chi connectivity index (χ2v) is 6.94. The number of nitrogens with zero attached hydrogens (tertiary/aromatic N) is 5. The van der Waals surface area contributed by atoms with E-state index in [4.69, 9.17) is 4.74 Å². The normalized spacial score (nSPS) is 11.7. The predicted molar refractivity (Wildman–Crippen MR) is 115 cm³/mol. The molecule has 2 aromatic carbocycles. The molecule has 0 radical (unpaired) electrons. The summed E-state index contributed by atoms with van der Waals surface area (Å²) in [7, 11) is 3.51. The Labute approximate surface area is 179 Å². The van der Waals surface area contributed by atoms with Crippen molar-refractivity contribution >= 4 is 6.03 Å². The molecule has 2 N–H and O–H groups in total. The lowest BCUT2D eigenvalue weighted by Crippen LogP contribution is -2.38. The van der Waals surface area contributed by atoms with E-state index >= 15 is 0 Å². The van der Waals surface area contributed by atoms with Crippen LogP contribution in [0.2, 0.25) is 0 Å². The minimum atomic E-state index is -0.426. The fourth-order valence-electron chi connectivity index (χ4n) is 3.25. The zero-order valence-electron chi connectivity index (χ0n) is 17.3. The Kier molecular flexibility index (Phi) is 5.93. The molecule has 0 aliphatic rings. The number of benzene rings is 2. The van der Waals surface area contributed by atoms with Gasteiger partial charge in [0.15, 0.2) is 0 Å². The summed E-state index contributed by atoms with van der Waals surface area (Å²) in [4.78, 5) is 21.1. The maximum atomic E-state index is 12.7. The predicted octanol–water partition coefficient (Wildman–Crippen LogP) is 2.60. The van der Waals surface area contributed by atoms with Crippen LogP contribution in [0.5, 0.6) is 5.75 Å². The standard InChI is InChI=1S/C22H23N7O2/c1-28-11-10-24-21(28)20(17-4-3-5-19(12-17)31-2)27-22(30)25-13-16-6-8-18(9-7-16)29-15-23-14-26-29/h3-12,14-15,20H,13H2,1-2H3,(H2,25,27,30). The third-order valence-electron chi connectivity index (χ3n) is 4.89. The highest BCUT2D eigenvalue weighted by Gasteiger charge is 2.21. The van der Waals surface area contributed by atoms with Crippen molar-refractivity contribution in [3.8, 4) is 11.4 Å². The number of methoxy groups -OCH3 is 1. The molecule has 4 aromatic rings. The smallest absolute Gasteiger partial charge is 0.315 e. The van der Waals surface area contributed by atoms with E-state index in [9.17, 15) is 4.79 Å². The van der Waals surface area contributed by atoms with E-state index in [1.807, 2.05) is 66.3 Å². The zero-order chi connectivity index (χ0) is 21.6. The van der Waals surface area contributed by atoms with Gasteiger partial charge in [-0.25, -0.2) is 19.4 Å². The van der Waals surface area contributed by atoms with E-state index in [-0.39, 0.29) is 6.03 Å². The van der Waals surface area contributed by atoms with Crippen LogP contribution in [0.1, 0.15) is 23.0 Å². The second-order valence-electron chi connectivity index (χ2n) is 6.94. The number of rotatable bonds is 7. The van der Waals surface area contributed by atoms with Gasteiger partial charge in [-0.2, -0.15) is 5.10 Å². The van der Waals surface area contributed by atoms with Crippen LogP contribution in [0.15, 0.2) is 73.6 Å². The molecule has 158 valence electrons. The minimum absolute atomic E-state index is 0.295. The van der Waals surface area contributed by atoms with Crippen LogP contribution in [-0.2, 0) is 13.6 Å². The topological polar surface area (TPSA) is 98.9 Å². The van der Waals surface area contributed by atoms with Crippen LogP contribution in [0.25, 0.3) is 5.69 Å². The van der Waals surface area contributed by atoms with Crippen LogP contribution in [0, 0.1) is 0 Å². The number of nitrogens with one attached hydrogen (secondary N) is 2. The molecule has 9 nitrogen and oxygen atoms in total. The van der Waals surface area contributed by atoms with E-state index < -0.39 is 6.04 Å². The van der Waals surface area contributed by atoms with Crippen LogP contribution < -0.4 is 15.4 Å². The first-order valence-electron chi connectivity index (χ1n) is 9.73. The number of aryl methyl sites for hydroxylation is 1. The van der Waals surface area contributed by atoms with Crippen LogP contribution in [0.4, 0.5) is 4.79 Å². The quantitative estimate of drug-likeness (QED) is 0.482. The summed E-state index contributed by atoms with van der Waals surface area (Å²) in [5, 5.41) is 10.0. The van der Waals surface area contributed by atoms with Gasteiger partial charge in [0, 0.05) is 26.0 Å². The number of amides is 2. The summed E-state index contributed by atoms with van der Waals surface area (Å²) in [5.74, 6) is 1.44. The molecule has 0 saturated carbocycles. The first-order valence-corrected chi connectivity index (χ1v) is 9.73. The third-order valence-corrected chi connectivity index (χ3v) is 4.89. The van der Waals surface area contributed by atoms with Crippen LogP contribution in [0.3, 0.4) is 0 Å². The highest BCUT2D eigenvalue weighted by molar-refractivity contribution is 5.75. The van der Waals surface area contributed by atoms with Crippen molar-refractivity contribution in [3.63, 3.8) is 0 Å². The largest absolute Gasteiger partial charge is 0.497 e. The molecule has 2 amide bonds. The van der Waals surface area contributed by atoms with Gasteiger partial charge in [0.25, 0.3) is 0 Å². The number of urea groups is 1. The average Bonchev–Trinajstić information content (AvgIpc) is 3.49. The molecule has 0 bridgehead atoms. The highest BCUT2D eigenvalue weighted by Crippen LogP contribution is 2.24. The van der Waals surface area contributed by atoms with Crippen molar-refractivity contribution in [3.05, 3.63) is 90.5 Å². The molecule has 1 atom stereocenters. The Hall–Kier alpha value is -4.14. The number of hydrogen-bond donors (Lipinski definition) is 2. The summed E-state index contributed by atoms with van der Waals surface area (Å²) in [5.41, 5.74) is 2.74. The molecule has 2 aromatic heterocycles. The SMILES string of the molecule is COc1cccc(C(NC(=O)NCc2ccc(-n3cncn3)cc2)c2nccn2C)c1. The molecule has 0 aliphatic carbocycles. The Morgan fingerprint density at radius 2 is 2.03 bits per heavy atom. The molecule has 1 unspecified atom stereocenters. The molecular formula is C22H23N7O2. The Morgan fingerprint density at radius 1 is 1.19 bits per heavy atom. The van der Waals surface area contributed by atoms with E-state index in [0.29, 0.717) is 12.3 Å². The summed E-state index contributed by atoms with van der Waals surface area (Å²) in [6, 6.07) is 14.6. The van der Waals surface area contributed by atoms with Crippen molar-refractivity contribution < 1.29 is 9.53 Å². The Morgan fingerprint density at radius 3 is 2.71 bits per heavy atom. The molecule has 0 saturated heterocycles. The van der Waals surface area contributed by atoms with Crippen molar-refractivity contribution in [2.24, 2.45) is 7.05 Å². The van der Waals surface area contributed by atoms with Crippen molar-refractivity contribution in [2.45, 2.75) is 12.6 Å². The Balaban J connectivity index is 1.44. The first-order chi connectivity index (χ1) is 15.1. The van der Waals surface area contributed by atoms with Gasteiger partial charge >= 0.3 is 6.03 Å². The maximum Gasteiger partial charge on any atom is 0.315 e. The van der Waals surface area contributed by atoms with Gasteiger partial charge < -0.3 is 19.9 Å². The Bertz CT molecular complexity index is 1140. The van der Waals surface area contributed by atoms with Crippen molar-refractivity contribution in [2.75, 3.05) is 7.11 Å². The molecule has 0 spiro atoms. The summed E-state index contributed by atoms with van der Waals surface area (Å²) in [6.07, 6.45) is 6.68. The fraction of sp³-hybridized carbons (Fsp3) is 0.182. The van der Waals surface area contributed by atoms with Gasteiger partial charge in [0.2, 0.25) is 0 Å². The van der Waals surface area contributed by atoms with Crippen molar-refractivity contribution in [1.82, 2.24) is 34.9 Å². The highest BCUT2D eigenvalue weighted by atomic mass is 16.5. The molecule has 0 fully saturated rings. The minimum Gasteiger partial charge on any atom is -0.497 e. The monoisotopic (exact) mass is 417 g/mol. The fourth-order valence-corrected chi connectivity index (χ4v) is 3.25. The van der Waals surface area contributed by atoms with Gasteiger partial charge in [-0.3, -0.25) is 0 Å². The number of carbonyl (C=O) groups excluding carboxylic acids is 1. The van der Waals surface area contributed by atoms with Gasteiger partial charge in [0.1, 0.15) is 30.3 Å². The summed E-state index contributed by atoms with van der Waals surface area (Å²) >= 11 is 0. The van der Waals surface area contributed by atoms with Gasteiger partial charge in [-0.15, -0.1) is 0 Å².